The molecule has 3 nitrogen and oxygen atoms in total. The maximum Gasteiger partial charge on any atom is 0.143 e. The van der Waals surface area contributed by atoms with E-state index in [0.29, 0.717) is 0 Å². The van der Waals surface area contributed by atoms with Crippen LogP contribution in [0.2, 0.25) is 0 Å². The van der Waals surface area contributed by atoms with Crippen LogP contribution in [-0.2, 0) is 5.41 Å². The van der Waals surface area contributed by atoms with Crippen LogP contribution in [0.15, 0.2) is 89.7 Å². The van der Waals surface area contributed by atoms with Gasteiger partial charge in [0.1, 0.15) is 12.2 Å². The maximum atomic E-state index is 4.58. The fourth-order valence-corrected chi connectivity index (χ4v) is 4.22. The summed E-state index contributed by atoms with van der Waals surface area (Å²) in [6.45, 7) is 0. The molecule has 27 heavy (non-hydrogen) atoms. The first kappa shape index (κ1) is 16.2. The molecule has 0 amide bonds. The summed E-state index contributed by atoms with van der Waals surface area (Å²) in [6, 6.07) is 25.5. The van der Waals surface area contributed by atoms with Gasteiger partial charge in [0.05, 0.1) is 5.41 Å². The number of H-pyrrole nitrogens is 1. The zero-order valence-corrected chi connectivity index (χ0v) is 16.0. The van der Waals surface area contributed by atoms with Gasteiger partial charge in [-0.15, -0.1) is 0 Å². The Balaban J connectivity index is 1.91. The Morgan fingerprint density at radius 2 is 1.56 bits per heavy atom. The van der Waals surface area contributed by atoms with Crippen LogP contribution < -0.4 is 0 Å². The van der Waals surface area contributed by atoms with Gasteiger partial charge in [0, 0.05) is 4.47 Å². The SMILES string of the molecule is Brc1ccc(C2(c3ncn[nH]3)C=Cc3ccccc3-c3ccccc32)cc1. The third-order valence-corrected chi connectivity index (χ3v) is 5.73. The molecule has 1 atom stereocenters. The van der Waals surface area contributed by atoms with E-state index in [9.17, 15) is 0 Å². The van der Waals surface area contributed by atoms with Gasteiger partial charge in [-0.05, 0) is 39.9 Å². The highest BCUT2D eigenvalue weighted by Crippen LogP contribution is 2.46. The van der Waals surface area contributed by atoms with E-state index in [0.717, 1.165) is 15.9 Å². The standard InChI is InChI=1S/C23H16BrN3/c24-18-11-9-17(10-12-18)23(22-25-15-26-27-22)14-13-16-5-1-2-6-19(16)20-7-3-4-8-21(20)23/h1-15H,(H,25,26,27). The summed E-state index contributed by atoms with van der Waals surface area (Å²) in [6.07, 6.45) is 6.01. The molecule has 4 aromatic rings. The van der Waals surface area contributed by atoms with Gasteiger partial charge in [-0.25, -0.2) is 4.98 Å². The zero-order chi connectivity index (χ0) is 18.3. The van der Waals surface area contributed by atoms with Crippen molar-refractivity contribution in [2.75, 3.05) is 0 Å². The molecule has 1 aromatic heterocycles. The van der Waals surface area contributed by atoms with Crippen LogP contribution in [0.4, 0.5) is 0 Å². The average molecular weight is 414 g/mol. The molecular weight excluding hydrogens is 398 g/mol. The number of halogens is 1. The lowest BCUT2D eigenvalue weighted by atomic mass is 9.72. The lowest BCUT2D eigenvalue weighted by Gasteiger charge is -2.31. The fraction of sp³-hybridized carbons (Fsp3) is 0.0435. The van der Waals surface area contributed by atoms with E-state index in [1.807, 2.05) is 0 Å². The number of hydrogen-bond acceptors (Lipinski definition) is 2. The summed E-state index contributed by atoms with van der Waals surface area (Å²) < 4.78 is 1.05. The monoisotopic (exact) mass is 413 g/mol. The summed E-state index contributed by atoms with van der Waals surface area (Å²) in [4.78, 5) is 4.58. The number of aromatic nitrogens is 3. The quantitative estimate of drug-likeness (QED) is 0.464. The van der Waals surface area contributed by atoms with Crippen LogP contribution >= 0.6 is 15.9 Å². The van der Waals surface area contributed by atoms with E-state index in [1.165, 1.54) is 22.3 Å². The molecule has 4 heteroatoms. The predicted octanol–water partition coefficient (Wildman–Crippen LogP) is 5.60. The first-order chi connectivity index (χ1) is 13.3. The molecule has 0 aliphatic heterocycles. The Kier molecular flexibility index (Phi) is 3.80. The van der Waals surface area contributed by atoms with Crippen LogP contribution in [0.5, 0.6) is 0 Å². The van der Waals surface area contributed by atoms with E-state index in [1.54, 1.807) is 6.33 Å². The van der Waals surface area contributed by atoms with Gasteiger partial charge in [-0.3, -0.25) is 5.10 Å². The van der Waals surface area contributed by atoms with E-state index in [2.05, 4.69) is 116 Å². The second kappa shape index (κ2) is 6.32. The molecule has 0 spiro atoms. The van der Waals surface area contributed by atoms with Crippen molar-refractivity contribution in [2.24, 2.45) is 0 Å². The highest BCUT2D eigenvalue weighted by molar-refractivity contribution is 9.10. The summed E-state index contributed by atoms with van der Waals surface area (Å²) in [5.74, 6) is 0.807. The van der Waals surface area contributed by atoms with E-state index in [-0.39, 0.29) is 0 Å². The van der Waals surface area contributed by atoms with E-state index < -0.39 is 5.41 Å². The highest BCUT2D eigenvalue weighted by atomic mass is 79.9. The highest BCUT2D eigenvalue weighted by Gasteiger charge is 2.40. The Labute approximate surface area is 165 Å². The minimum atomic E-state index is -0.549. The van der Waals surface area contributed by atoms with Crippen molar-refractivity contribution in [1.82, 2.24) is 15.2 Å². The second-order valence-electron chi connectivity index (χ2n) is 6.62. The second-order valence-corrected chi connectivity index (χ2v) is 7.53. The predicted molar refractivity (Wildman–Crippen MR) is 111 cm³/mol. The summed E-state index contributed by atoms with van der Waals surface area (Å²) in [5.41, 5.74) is 5.40. The molecule has 0 saturated heterocycles. The fourth-order valence-electron chi connectivity index (χ4n) is 3.96. The Morgan fingerprint density at radius 3 is 2.33 bits per heavy atom. The number of rotatable bonds is 2. The average Bonchev–Trinajstić information content (AvgIpc) is 3.21. The van der Waals surface area contributed by atoms with Gasteiger partial charge < -0.3 is 0 Å². The van der Waals surface area contributed by atoms with Gasteiger partial charge in [0.2, 0.25) is 0 Å². The van der Waals surface area contributed by atoms with Crippen molar-refractivity contribution < 1.29 is 0 Å². The molecule has 0 radical (unpaired) electrons. The number of nitrogens with one attached hydrogen (secondary N) is 1. The molecule has 130 valence electrons. The summed E-state index contributed by atoms with van der Waals surface area (Å²) >= 11 is 3.55. The zero-order valence-electron chi connectivity index (χ0n) is 14.4. The lowest BCUT2D eigenvalue weighted by molar-refractivity contribution is 0.716. The van der Waals surface area contributed by atoms with Gasteiger partial charge >= 0.3 is 0 Å². The molecule has 1 unspecified atom stereocenters. The van der Waals surface area contributed by atoms with Crippen molar-refractivity contribution in [1.29, 1.82) is 0 Å². The Bertz CT molecular complexity index is 1130. The number of benzene rings is 3. The number of allylic oxidation sites excluding steroid dienone is 1. The van der Waals surface area contributed by atoms with Crippen molar-refractivity contribution in [2.45, 2.75) is 5.41 Å². The molecule has 0 fully saturated rings. The first-order valence-corrected chi connectivity index (χ1v) is 9.58. The lowest BCUT2D eigenvalue weighted by Crippen LogP contribution is -2.29. The summed E-state index contributed by atoms with van der Waals surface area (Å²) in [5, 5.41) is 7.29. The van der Waals surface area contributed by atoms with Crippen molar-refractivity contribution in [3.8, 4) is 11.1 Å². The number of aromatic amines is 1. The largest absolute Gasteiger partial charge is 0.262 e. The number of fused-ring (bicyclic) bond motifs is 3. The van der Waals surface area contributed by atoms with Crippen molar-refractivity contribution >= 4 is 22.0 Å². The molecule has 0 saturated carbocycles. The van der Waals surface area contributed by atoms with Gasteiger partial charge in [0.25, 0.3) is 0 Å². The molecule has 0 bridgehead atoms. The van der Waals surface area contributed by atoms with Crippen LogP contribution in [0, 0.1) is 0 Å². The molecule has 1 aliphatic rings. The van der Waals surface area contributed by atoms with Gasteiger partial charge in [-0.1, -0.05) is 88.7 Å². The minimum Gasteiger partial charge on any atom is -0.262 e. The van der Waals surface area contributed by atoms with Crippen molar-refractivity contribution in [3.63, 3.8) is 0 Å². The third-order valence-electron chi connectivity index (χ3n) is 5.20. The molecule has 1 aliphatic carbocycles. The smallest absolute Gasteiger partial charge is 0.143 e. The molecule has 5 rings (SSSR count). The molecular formula is C23H16BrN3. The normalized spacial score (nSPS) is 17.8. The minimum absolute atomic E-state index is 0.549. The van der Waals surface area contributed by atoms with Crippen LogP contribution in [0.1, 0.15) is 22.5 Å². The Morgan fingerprint density at radius 1 is 0.815 bits per heavy atom. The van der Waals surface area contributed by atoms with Crippen LogP contribution in [0.3, 0.4) is 0 Å². The number of nitrogens with zero attached hydrogens (tertiary/aromatic N) is 2. The number of hydrogen-bond donors (Lipinski definition) is 1. The van der Waals surface area contributed by atoms with Gasteiger partial charge in [-0.2, -0.15) is 5.10 Å². The van der Waals surface area contributed by atoms with E-state index in [4.69, 9.17) is 0 Å². The molecule has 1 heterocycles. The topological polar surface area (TPSA) is 41.6 Å². The molecule has 3 aromatic carbocycles. The third kappa shape index (κ3) is 2.48. The summed E-state index contributed by atoms with van der Waals surface area (Å²) in [7, 11) is 0. The van der Waals surface area contributed by atoms with E-state index >= 15 is 0 Å². The van der Waals surface area contributed by atoms with Gasteiger partial charge in [0.15, 0.2) is 0 Å². The Hall–Kier alpha value is -2.98. The van der Waals surface area contributed by atoms with Crippen LogP contribution in [0.25, 0.3) is 17.2 Å². The molecule has 1 N–H and O–H groups in total. The van der Waals surface area contributed by atoms with Crippen LogP contribution in [-0.4, -0.2) is 15.2 Å². The first-order valence-electron chi connectivity index (χ1n) is 8.79. The maximum absolute atomic E-state index is 4.58. The van der Waals surface area contributed by atoms with Crippen molar-refractivity contribution in [3.05, 3.63) is 112 Å².